The van der Waals surface area contributed by atoms with E-state index in [0.29, 0.717) is 49.7 Å². The average molecular weight is 692 g/mol. The van der Waals surface area contributed by atoms with Gasteiger partial charge < -0.3 is 44.7 Å². The molecule has 1 aliphatic heterocycles. The van der Waals surface area contributed by atoms with Gasteiger partial charge >= 0.3 is 5.97 Å². The van der Waals surface area contributed by atoms with Gasteiger partial charge in [-0.15, -0.1) is 0 Å². The first kappa shape index (κ1) is 37.6. The summed E-state index contributed by atoms with van der Waals surface area (Å²) in [6, 6.07) is 10.4. The monoisotopic (exact) mass is 691 g/mol. The van der Waals surface area contributed by atoms with Crippen molar-refractivity contribution in [3.63, 3.8) is 0 Å². The summed E-state index contributed by atoms with van der Waals surface area (Å²) in [6.45, 7) is 1.53. The van der Waals surface area contributed by atoms with Crippen molar-refractivity contribution in [2.45, 2.75) is 70.0 Å². The Hall–Kier alpha value is -5.23. The third-order valence-corrected chi connectivity index (χ3v) is 8.65. The third-order valence-electron chi connectivity index (χ3n) is 8.65. The summed E-state index contributed by atoms with van der Waals surface area (Å²) in [5.74, 6) is -2.46. The minimum absolute atomic E-state index is 0.0302. The summed E-state index contributed by atoms with van der Waals surface area (Å²) >= 11 is 0. The molecule has 4 rings (SSSR count). The number of aromatic hydroxyl groups is 3. The maximum absolute atomic E-state index is 13.7. The van der Waals surface area contributed by atoms with Crippen molar-refractivity contribution in [1.82, 2.24) is 5.32 Å². The van der Waals surface area contributed by atoms with E-state index in [2.05, 4.69) is 5.32 Å². The van der Waals surface area contributed by atoms with E-state index in [1.165, 1.54) is 51.7 Å². The Morgan fingerprint density at radius 2 is 1.60 bits per heavy atom. The van der Waals surface area contributed by atoms with Crippen molar-refractivity contribution in [3.8, 4) is 34.5 Å². The van der Waals surface area contributed by atoms with E-state index in [1.807, 2.05) is 0 Å². The number of aliphatic hydroxyl groups excluding tert-OH is 1. The number of methoxy groups -OCH3 is 3. The van der Waals surface area contributed by atoms with Crippen molar-refractivity contribution in [3.05, 3.63) is 76.4 Å². The maximum Gasteiger partial charge on any atom is 0.342 e. The Labute approximate surface area is 291 Å². The second-order valence-electron chi connectivity index (χ2n) is 12.2. The average Bonchev–Trinajstić information content (AvgIpc) is 3.09. The predicted molar refractivity (Wildman–Crippen MR) is 185 cm³/mol. The van der Waals surface area contributed by atoms with E-state index >= 15 is 0 Å². The van der Waals surface area contributed by atoms with Crippen LogP contribution in [0, 0.1) is 0 Å². The quantitative estimate of drug-likeness (QED) is 0.165. The van der Waals surface area contributed by atoms with Crippen LogP contribution in [0.25, 0.3) is 6.08 Å². The summed E-state index contributed by atoms with van der Waals surface area (Å²) in [7, 11) is 4.29. The summed E-state index contributed by atoms with van der Waals surface area (Å²) in [6.07, 6.45) is 4.28. The molecule has 5 N–H and O–H groups in total. The number of allylic oxidation sites excluding steroid dienone is 1. The molecule has 0 saturated carbocycles. The lowest BCUT2D eigenvalue weighted by Crippen LogP contribution is -2.30. The molecule has 3 aromatic carbocycles. The fourth-order valence-electron chi connectivity index (χ4n) is 5.99. The highest BCUT2D eigenvalue weighted by atomic mass is 16.5. The van der Waals surface area contributed by atoms with Gasteiger partial charge in [-0.25, -0.2) is 4.79 Å². The lowest BCUT2D eigenvalue weighted by Gasteiger charge is -2.24. The number of nitrogens with one attached hydrogen (secondary N) is 1. The minimum Gasteiger partial charge on any atom is -0.508 e. The number of amides is 1. The largest absolute Gasteiger partial charge is 0.508 e. The molecule has 0 radical (unpaired) electrons. The van der Waals surface area contributed by atoms with E-state index in [9.17, 15) is 34.8 Å². The summed E-state index contributed by atoms with van der Waals surface area (Å²) in [5, 5.41) is 46.3. The highest BCUT2D eigenvalue weighted by Gasteiger charge is 2.32. The lowest BCUT2D eigenvalue weighted by atomic mass is 9.84. The molecule has 2 unspecified atom stereocenters. The van der Waals surface area contributed by atoms with Crippen molar-refractivity contribution < 1.29 is 53.8 Å². The first-order chi connectivity index (χ1) is 24.0. The van der Waals surface area contributed by atoms with E-state index in [1.54, 1.807) is 31.2 Å². The van der Waals surface area contributed by atoms with E-state index in [4.69, 9.17) is 18.9 Å². The first-order valence-corrected chi connectivity index (χ1v) is 16.5. The zero-order valence-corrected chi connectivity index (χ0v) is 28.7. The van der Waals surface area contributed by atoms with Gasteiger partial charge in [-0.2, -0.15) is 0 Å². The molecule has 0 bridgehead atoms. The van der Waals surface area contributed by atoms with Crippen LogP contribution in [0.5, 0.6) is 34.5 Å². The van der Waals surface area contributed by atoms with Crippen LogP contribution in [0.15, 0.2) is 48.5 Å². The number of benzene rings is 3. The standard InChI is InChI=1S/C38H45NO11/c1-22-9-8-12-26(40)11-7-5-6-10-24-17-29(42)35(36(45)34(24)38(46)50-22)28(25-18-31(47-2)37(49-4)32(19-25)48-3)20-33(44)39-21-30(43)23-13-15-27(41)16-14-23/h6,10,13-19,22,28,30,41-43,45H,5,7-9,11-12,20-21H2,1-4H3,(H,39,44)/t22-,28?,30?/m0/s1. The summed E-state index contributed by atoms with van der Waals surface area (Å²) in [4.78, 5) is 39.4. The van der Waals surface area contributed by atoms with Crippen LogP contribution in [-0.4, -0.2) is 72.1 Å². The molecule has 3 aromatic rings. The second kappa shape index (κ2) is 17.4. The number of carbonyl (C=O) groups is 3. The molecular formula is C38H45NO11. The van der Waals surface area contributed by atoms with E-state index < -0.39 is 41.5 Å². The molecule has 3 atom stereocenters. The number of ketones is 1. The van der Waals surface area contributed by atoms with Crippen molar-refractivity contribution in [2.75, 3.05) is 27.9 Å². The van der Waals surface area contributed by atoms with Crippen molar-refractivity contribution in [2.24, 2.45) is 0 Å². The number of phenolic OH excluding ortho intramolecular Hbond substituents is 3. The number of Topliss-reactive ketones (excluding diaryl/α,β-unsaturated/α-hetero) is 1. The topological polar surface area (TPSA) is 181 Å². The Morgan fingerprint density at radius 3 is 2.24 bits per heavy atom. The second-order valence-corrected chi connectivity index (χ2v) is 12.2. The highest BCUT2D eigenvalue weighted by Crippen LogP contribution is 2.47. The van der Waals surface area contributed by atoms with Crippen molar-refractivity contribution >= 4 is 23.7 Å². The number of cyclic esters (lactones) is 1. The van der Waals surface area contributed by atoms with Gasteiger partial charge in [0.15, 0.2) is 11.5 Å². The van der Waals surface area contributed by atoms with Gasteiger partial charge in [-0.3, -0.25) is 9.59 Å². The Bertz CT molecular complexity index is 1670. The maximum atomic E-state index is 13.7. The molecule has 1 aliphatic rings. The molecule has 50 heavy (non-hydrogen) atoms. The molecule has 12 heteroatoms. The number of rotatable bonds is 10. The van der Waals surface area contributed by atoms with Crippen LogP contribution in [0.3, 0.4) is 0 Å². The molecule has 0 aliphatic carbocycles. The smallest absolute Gasteiger partial charge is 0.342 e. The molecule has 0 saturated heterocycles. The molecule has 268 valence electrons. The first-order valence-electron chi connectivity index (χ1n) is 16.5. The minimum atomic E-state index is -1.09. The number of ether oxygens (including phenoxy) is 4. The van der Waals surface area contributed by atoms with Crippen LogP contribution in [-0.2, 0) is 14.3 Å². The van der Waals surface area contributed by atoms with Gasteiger partial charge in [-0.1, -0.05) is 24.3 Å². The number of aliphatic hydroxyl groups is 1. The molecule has 0 fully saturated rings. The number of fused-ring (bicyclic) bond motifs is 1. The zero-order chi connectivity index (χ0) is 36.4. The number of phenols is 3. The van der Waals surface area contributed by atoms with Gasteiger partial charge in [0.05, 0.1) is 33.5 Å². The molecule has 0 spiro atoms. The number of esters is 1. The molecule has 1 heterocycles. The fraction of sp³-hybridized carbons (Fsp3) is 0.395. The van der Waals surface area contributed by atoms with Crippen LogP contribution >= 0.6 is 0 Å². The Kier molecular flexibility index (Phi) is 13.1. The highest BCUT2D eigenvalue weighted by molar-refractivity contribution is 5.98. The van der Waals surface area contributed by atoms with Crippen molar-refractivity contribution in [1.29, 1.82) is 0 Å². The normalized spacial score (nSPS) is 16.7. The van der Waals surface area contributed by atoms with Crippen LogP contribution in [0.4, 0.5) is 0 Å². The van der Waals surface area contributed by atoms with Gasteiger partial charge in [0.25, 0.3) is 0 Å². The fourth-order valence-corrected chi connectivity index (χ4v) is 5.99. The Balaban J connectivity index is 1.81. The molecular weight excluding hydrogens is 646 g/mol. The zero-order valence-electron chi connectivity index (χ0n) is 28.7. The van der Waals surface area contributed by atoms with Crippen LogP contribution in [0.2, 0.25) is 0 Å². The van der Waals surface area contributed by atoms with Gasteiger partial charge in [0.1, 0.15) is 28.6 Å². The third kappa shape index (κ3) is 9.26. The van der Waals surface area contributed by atoms with Gasteiger partial charge in [0.2, 0.25) is 11.7 Å². The van der Waals surface area contributed by atoms with Crippen LogP contribution in [0.1, 0.15) is 96.5 Å². The Morgan fingerprint density at radius 1 is 0.940 bits per heavy atom. The van der Waals surface area contributed by atoms with Gasteiger partial charge in [-0.05, 0) is 79.6 Å². The molecule has 0 aromatic heterocycles. The summed E-state index contributed by atoms with van der Waals surface area (Å²) in [5.41, 5.74) is 0.751. The van der Waals surface area contributed by atoms with E-state index in [-0.39, 0.29) is 58.4 Å². The molecule has 1 amide bonds. The lowest BCUT2D eigenvalue weighted by molar-refractivity contribution is -0.122. The molecule has 12 nitrogen and oxygen atoms in total. The summed E-state index contributed by atoms with van der Waals surface area (Å²) < 4.78 is 22.3. The number of hydrogen-bond donors (Lipinski definition) is 5. The number of hydrogen-bond acceptors (Lipinski definition) is 11. The van der Waals surface area contributed by atoms with Crippen LogP contribution < -0.4 is 19.5 Å². The number of carbonyl (C=O) groups excluding carboxylic acids is 3. The SMILES string of the molecule is COc1cc(C(CC(=O)NCC(O)c2ccc(O)cc2)c2c(O)cc3c(c2O)C(=O)O[C@@H](C)CCCC(=O)CCCC=C3)cc(OC)c1OC. The predicted octanol–water partition coefficient (Wildman–Crippen LogP) is 5.68. The van der Waals surface area contributed by atoms with E-state index in [0.717, 1.165) is 0 Å². The van der Waals surface area contributed by atoms with Gasteiger partial charge in [0, 0.05) is 37.3 Å².